The van der Waals surface area contributed by atoms with Crippen LogP contribution in [0.3, 0.4) is 0 Å². The molecule has 0 bridgehead atoms. The number of carbonyl (C=O) groups is 1. The highest BCUT2D eigenvalue weighted by Gasteiger charge is 2.36. The van der Waals surface area contributed by atoms with Crippen LogP contribution in [-0.2, 0) is 11.9 Å². The Kier molecular flexibility index (Phi) is 7.20. The van der Waals surface area contributed by atoms with Crippen LogP contribution in [-0.4, -0.2) is 33.9 Å². The minimum Gasteiger partial charge on any atom is -0.274 e. The third kappa shape index (κ3) is 4.60. The largest absolute Gasteiger partial charge is 0.284 e. The van der Waals surface area contributed by atoms with Crippen LogP contribution in [0.15, 0.2) is 12.2 Å². The van der Waals surface area contributed by atoms with Crippen LogP contribution in [0.1, 0.15) is 63.0 Å². The Labute approximate surface area is 162 Å². The van der Waals surface area contributed by atoms with E-state index >= 15 is 0 Å². The van der Waals surface area contributed by atoms with E-state index in [9.17, 15) is 9.18 Å². The van der Waals surface area contributed by atoms with Crippen LogP contribution in [0.5, 0.6) is 0 Å². The molecule has 0 aliphatic heterocycles. The molecule has 0 radical (unpaired) electrons. The molecule has 6 heteroatoms. The van der Waals surface area contributed by atoms with E-state index in [4.69, 9.17) is 4.84 Å². The zero-order valence-electron chi connectivity index (χ0n) is 17.7. The van der Waals surface area contributed by atoms with E-state index in [1.807, 2.05) is 6.92 Å². The van der Waals surface area contributed by atoms with Gasteiger partial charge in [-0.15, -0.1) is 0 Å². The molecular formula is C21H34FN3O2. The number of hydrogen-bond donors (Lipinski definition) is 0. The first-order valence-electron chi connectivity index (χ1n) is 9.92. The van der Waals surface area contributed by atoms with Crippen molar-refractivity contribution in [2.24, 2.45) is 30.7 Å². The van der Waals surface area contributed by atoms with Gasteiger partial charge in [0.1, 0.15) is 5.56 Å². The van der Waals surface area contributed by atoms with Gasteiger partial charge in [-0.25, -0.2) is 9.75 Å². The highest BCUT2D eigenvalue weighted by atomic mass is 19.1. The van der Waals surface area contributed by atoms with E-state index in [-0.39, 0.29) is 17.5 Å². The quantitative estimate of drug-likeness (QED) is 0.517. The Morgan fingerprint density at radius 2 is 2.07 bits per heavy atom. The number of amides is 1. The van der Waals surface area contributed by atoms with Gasteiger partial charge < -0.3 is 0 Å². The fraction of sp³-hybridized carbons (Fsp3) is 0.714. The number of aryl methyl sites for hydroxylation is 2. The highest BCUT2D eigenvalue weighted by Crippen LogP contribution is 2.36. The zero-order chi connectivity index (χ0) is 20.3. The Hall–Kier alpha value is -1.69. The van der Waals surface area contributed by atoms with Gasteiger partial charge in [0.2, 0.25) is 5.95 Å². The van der Waals surface area contributed by atoms with Gasteiger partial charge in [-0.2, -0.15) is 9.49 Å². The van der Waals surface area contributed by atoms with E-state index in [1.54, 1.807) is 6.92 Å². The second kappa shape index (κ2) is 9.00. The molecule has 0 saturated heterocycles. The zero-order valence-corrected chi connectivity index (χ0v) is 17.7. The van der Waals surface area contributed by atoms with Crippen molar-refractivity contribution in [3.63, 3.8) is 0 Å². The lowest BCUT2D eigenvalue weighted by molar-refractivity contribution is -0.136. The fourth-order valence-corrected chi connectivity index (χ4v) is 4.06. The van der Waals surface area contributed by atoms with E-state index in [1.165, 1.54) is 19.2 Å². The smallest absolute Gasteiger partial charge is 0.274 e. The second-order valence-electron chi connectivity index (χ2n) is 8.22. The Balaban J connectivity index is 2.24. The number of hydrogen-bond acceptors (Lipinski definition) is 3. The summed E-state index contributed by atoms with van der Waals surface area (Å²) in [5, 5.41) is 5.36. The molecule has 1 aromatic heterocycles. The number of nitrogens with zero attached hydrogens (tertiary/aromatic N) is 3. The molecule has 4 atom stereocenters. The number of hydroxylamine groups is 2. The summed E-state index contributed by atoms with van der Waals surface area (Å²) >= 11 is 0. The van der Waals surface area contributed by atoms with Crippen LogP contribution >= 0.6 is 0 Å². The summed E-state index contributed by atoms with van der Waals surface area (Å²) < 4.78 is 15.5. The Bertz CT molecular complexity index is 683. The number of aromatic nitrogens is 2. The van der Waals surface area contributed by atoms with Crippen molar-refractivity contribution in [3.8, 4) is 0 Å². The third-order valence-corrected chi connectivity index (χ3v) is 6.13. The van der Waals surface area contributed by atoms with Crippen LogP contribution in [0.4, 0.5) is 4.39 Å². The number of rotatable bonds is 7. The van der Waals surface area contributed by atoms with Crippen molar-refractivity contribution >= 4 is 5.91 Å². The number of carbonyl (C=O) groups excluding carboxylic acids is 1. The number of allylic oxidation sites excluding steroid dienone is 2. The fourth-order valence-electron chi connectivity index (χ4n) is 4.06. The van der Waals surface area contributed by atoms with Crippen molar-refractivity contribution in [3.05, 3.63) is 29.4 Å². The minimum atomic E-state index is -0.625. The summed E-state index contributed by atoms with van der Waals surface area (Å²) in [4.78, 5) is 18.5. The average molecular weight is 380 g/mol. The lowest BCUT2D eigenvalue weighted by Crippen LogP contribution is -2.45. The molecule has 1 heterocycles. The van der Waals surface area contributed by atoms with Crippen LogP contribution < -0.4 is 0 Å². The first-order chi connectivity index (χ1) is 12.7. The monoisotopic (exact) mass is 379 g/mol. The molecule has 1 amide bonds. The summed E-state index contributed by atoms with van der Waals surface area (Å²) in [5.74, 6) is 0.788. The van der Waals surface area contributed by atoms with Crippen molar-refractivity contribution in [1.29, 1.82) is 0 Å². The van der Waals surface area contributed by atoms with Gasteiger partial charge >= 0.3 is 0 Å². The molecule has 27 heavy (non-hydrogen) atoms. The van der Waals surface area contributed by atoms with E-state index < -0.39 is 11.9 Å². The molecule has 1 aromatic rings. The van der Waals surface area contributed by atoms with Gasteiger partial charge in [0.15, 0.2) is 0 Å². The van der Waals surface area contributed by atoms with Crippen molar-refractivity contribution in [2.75, 3.05) is 7.11 Å². The lowest BCUT2D eigenvalue weighted by atomic mass is 9.74. The summed E-state index contributed by atoms with van der Waals surface area (Å²) in [7, 11) is 2.97. The van der Waals surface area contributed by atoms with Gasteiger partial charge in [0.25, 0.3) is 5.91 Å². The number of halogens is 1. The topological polar surface area (TPSA) is 47.4 Å². The minimum absolute atomic E-state index is 0.00958. The summed E-state index contributed by atoms with van der Waals surface area (Å²) in [6.07, 6.45) is 7.60. The predicted octanol–water partition coefficient (Wildman–Crippen LogP) is 4.52. The standard InChI is InChI=1S/C21H34FN3O2/c1-13(2)14(3)12-17-10-8-9-11-18(17)16(5)25(27-7)21(26)19-15(4)23-24(6)20(19)22/h8,10,13-14,16-18H,9,11-12H2,1-7H3. The van der Waals surface area contributed by atoms with Gasteiger partial charge in [-0.3, -0.25) is 9.63 Å². The maximum atomic E-state index is 14.4. The SMILES string of the molecule is CON(C(=O)c1c(C)nn(C)c1F)C(C)C1CCC=CC1CC(C)C(C)C. The van der Waals surface area contributed by atoms with Crippen molar-refractivity contribution in [1.82, 2.24) is 14.8 Å². The highest BCUT2D eigenvalue weighted by molar-refractivity contribution is 5.94. The molecule has 0 fully saturated rings. The summed E-state index contributed by atoms with van der Waals surface area (Å²) in [6, 6.07) is -0.157. The molecule has 1 aliphatic rings. The van der Waals surface area contributed by atoms with Crippen LogP contribution in [0.2, 0.25) is 0 Å². The molecule has 1 aliphatic carbocycles. The van der Waals surface area contributed by atoms with Crippen molar-refractivity contribution in [2.45, 2.75) is 59.9 Å². The Morgan fingerprint density at radius 3 is 2.59 bits per heavy atom. The molecule has 2 rings (SSSR count). The maximum Gasteiger partial charge on any atom is 0.284 e. The van der Waals surface area contributed by atoms with Gasteiger partial charge in [0, 0.05) is 7.05 Å². The molecule has 0 saturated carbocycles. The average Bonchev–Trinajstić information content (AvgIpc) is 2.87. The molecule has 0 spiro atoms. The van der Waals surface area contributed by atoms with Gasteiger partial charge in [0.05, 0.1) is 18.8 Å². The van der Waals surface area contributed by atoms with Crippen LogP contribution in [0, 0.1) is 36.5 Å². The van der Waals surface area contributed by atoms with E-state index in [2.05, 4.69) is 38.0 Å². The van der Waals surface area contributed by atoms with Gasteiger partial charge in [-0.1, -0.05) is 32.9 Å². The predicted molar refractivity (Wildman–Crippen MR) is 105 cm³/mol. The molecule has 0 aromatic carbocycles. The van der Waals surface area contributed by atoms with E-state index in [0.717, 1.165) is 23.9 Å². The van der Waals surface area contributed by atoms with Crippen molar-refractivity contribution < 1.29 is 14.0 Å². The summed E-state index contributed by atoms with van der Waals surface area (Å²) in [5.41, 5.74) is 0.368. The third-order valence-electron chi connectivity index (χ3n) is 6.13. The molecule has 5 nitrogen and oxygen atoms in total. The lowest BCUT2D eigenvalue weighted by Gasteiger charge is -2.39. The summed E-state index contributed by atoms with van der Waals surface area (Å²) in [6.45, 7) is 10.4. The van der Waals surface area contributed by atoms with Crippen LogP contribution in [0.25, 0.3) is 0 Å². The maximum absolute atomic E-state index is 14.4. The van der Waals surface area contributed by atoms with E-state index in [0.29, 0.717) is 23.4 Å². The first-order valence-corrected chi connectivity index (χ1v) is 9.92. The first kappa shape index (κ1) is 21.6. The normalized spacial score (nSPS) is 22.1. The molecular weight excluding hydrogens is 345 g/mol. The molecule has 0 N–H and O–H groups in total. The second-order valence-corrected chi connectivity index (χ2v) is 8.22. The molecule has 4 unspecified atom stereocenters. The molecule has 152 valence electrons. The van der Waals surface area contributed by atoms with Gasteiger partial charge in [-0.05, 0) is 56.8 Å². The Morgan fingerprint density at radius 1 is 1.41 bits per heavy atom.